The van der Waals surface area contributed by atoms with E-state index in [9.17, 15) is 25.0 Å². The Kier molecular flexibility index (Phi) is 5.29. The highest BCUT2D eigenvalue weighted by atomic mass is 16.6. The van der Waals surface area contributed by atoms with E-state index in [0.717, 1.165) is 0 Å². The summed E-state index contributed by atoms with van der Waals surface area (Å²) < 4.78 is 11.6. The summed E-state index contributed by atoms with van der Waals surface area (Å²) in [6.45, 7) is 2.34. The maximum absolute atomic E-state index is 12.0. The van der Waals surface area contributed by atoms with Crippen LogP contribution in [0.2, 0.25) is 0 Å². The van der Waals surface area contributed by atoms with Gasteiger partial charge in [0.25, 0.3) is 11.6 Å². The van der Waals surface area contributed by atoms with Crippen molar-refractivity contribution in [3.8, 4) is 11.5 Å². The number of nitro groups is 2. The fraction of sp³-hybridized carbons (Fsp3) is 0.250. The third kappa shape index (κ3) is 4.23. The average molecular weight is 402 g/mol. The first-order chi connectivity index (χ1) is 13.8. The third-order valence-electron chi connectivity index (χ3n) is 3.95. The van der Waals surface area contributed by atoms with Crippen molar-refractivity contribution in [3.63, 3.8) is 0 Å². The Bertz CT molecular complexity index is 1090. The lowest BCUT2D eigenvalue weighted by Gasteiger charge is -2.03. The molecule has 0 saturated heterocycles. The maximum Gasteiger partial charge on any atom is 0.328 e. The lowest BCUT2D eigenvalue weighted by molar-refractivity contribution is -0.386. The molecule has 0 N–H and O–H groups in total. The Balaban J connectivity index is 1.61. The van der Waals surface area contributed by atoms with E-state index < -0.39 is 15.8 Å². The highest BCUT2D eigenvalue weighted by Gasteiger charge is 2.23. The molecule has 13 heteroatoms. The van der Waals surface area contributed by atoms with E-state index in [4.69, 9.17) is 9.15 Å². The second-order valence-corrected chi connectivity index (χ2v) is 5.90. The van der Waals surface area contributed by atoms with Crippen molar-refractivity contribution in [2.24, 2.45) is 0 Å². The lowest BCUT2D eigenvalue weighted by Crippen LogP contribution is -2.15. The molecule has 3 aromatic rings. The average Bonchev–Trinajstić information content (AvgIpc) is 3.24. The highest BCUT2D eigenvalue weighted by molar-refractivity contribution is 5.69. The first kappa shape index (κ1) is 19.6. The standard InChI is InChI=1S/C16H14N6O7/c1-9-15(22(26)27)10(2)20(19-9)7-14(23)28-8-13-17-18-16(29-13)11-3-5-12(6-4-11)21(24)25/h3-6H,7-8H2,1-2H3. The molecule has 0 aliphatic rings. The molecule has 0 unspecified atom stereocenters. The van der Waals surface area contributed by atoms with Gasteiger partial charge in [-0.25, -0.2) is 0 Å². The number of non-ortho nitro benzene ring substituents is 1. The van der Waals surface area contributed by atoms with Gasteiger partial charge in [0, 0.05) is 17.7 Å². The van der Waals surface area contributed by atoms with Crippen molar-refractivity contribution >= 4 is 17.3 Å². The molecule has 150 valence electrons. The molecule has 0 bridgehead atoms. The maximum atomic E-state index is 12.0. The van der Waals surface area contributed by atoms with Crippen LogP contribution < -0.4 is 0 Å². The van der Waals surface area contributed by atoms with Crippen molar-refractivity contribution in [1.29, 1.82) is 0 Å². The van der Waals surface area contributed by atoms with Crippen LogP contribution >= 0.6 is 0 Å². The summed E-state index contributed by atoms with van der Waals surface area (Å²) >= 11 is 0. The summed E-state index contributed by atoms with van der Waals surface area (Å²) in [6.07, 6.45) is 0. The van der Waals surface area contributed by atoms with Crippen molar-refractivity contribution in [3.05, 3.63) is 61.8 Å². The van der Waals surface area contributed by atoms with E-state index in [2.05, 4.69) is 15.3 Å². The molecule has 0 radical (unpaired) electrons. The van der Waals surface area contributed by atoms with E-state index in [1.807, 2.05) is 0 Å². The first-order valence-corrected chi connectivity index (χ1v) is 8.17. The van der Waals surface area contributed by atoms with Crippen LogP contribution in [0.5, 0.6) is 0 Å². The van der Waals surface area contributed by atoms with E-state index in [1.165, 1.54) is 42.8 Å². The number of hydrogen-bond acceptors (Lipinski definition) is 10. The molecule has 0 aliphatic heterocycles. The Hall–Kier alpha value is -4.16. The smallest absolute Gasteiger partial charge is 0.328 e. The second kappa shape index (κ2) is 7.84. The number of benzene rings is 1. The monoisotopic (exact) mass is 402 g/mol. The molecule has 0 aliphatic carbocycles. The number of rotatable bonds is 7. The molecule has 0 spiro atoms. The minimum Gasteiger partial charge on any atom is -0.454 e. The highest BCUT2D eigenvalue weighted by Crippen LogP contribution is 2.23. The van der Waals surface area contributed by atoms with Crippen LogP contribution in [0.4, 0.5) is 11.4 Å². The predicted molar refractivity (Wildman–Crippen MR) is 94.5 cm³/mol. The topological polar surface area (TPSA) is 169 Å². The van der Waals surface area contributed by atoms with Crippen LogP contribution in [0, 0.1) is 34.1 Å². The van der Waals surface area contributed by atoms with E-state index >= 15 is 0 Å². The largest absolute Gasteiger partial charge is 0.454 e. The number of carbonyl (C=O) groups excluding carboxylic acids is 1. The zero-order chi connectivity index (χ0) is 21.1. The minimum absolute atomic E-state index is 0.0195. The molecular formula is C16H14N6O7. The van der Waals surface area contributed by atoms with Crippen molar-refractivity contribution in [2.75, 3.05) is 0 Å². The molecule has 2 heterocycles. The number of hydrogen-bond donors (Lipinski definition) is 0. The van der Waals surface area contributed by atoms with E-state index in [0.29, 0.717) is 5.56 Å². The summed E-state index contributed by atoms with van der Waals surface area (Å²) in [7, 11) is 0. The quantitative estimate of drug-likeness (QED) is 0.324. The number of aromatic nitrogens is 4. The predicted octanol–water partition coefficient (Wildman–Crippen LogP) is 2.11. The second-order valence-electron chi connectivity index (χ2n) is 5.90. The summed E-state index contributed by atoms with van der Waals surface area (Å²) in [5, 5.41) is 33.2. The third-order valence-corrected chi connectivity index (χ3v) is 3.95. The molecule has 0 saturated carbocycles. The van der Waals surface area contributed by atoms with Gasteiger partial charge >= 0.3 is 11.7 Å². The van der Waals surface area contributed by atoms with Crippen molar-refractivity contribution in [1.82, 2.24) is 20.0 Å². The number of ether oxygens (including phenoxy) is 1. The molecule has 13 nitrogen and oxygen atoms in total. The van der Waals surface area contributed by atoms with E-state index in [-0.39, 0.29) is 47.7 Å². The van der Waals surface area contributed by atoms with Gasteiger partial charge in [0.15, 0.2) is 6.61 Å². The van der Waals surface area contributed by atoms with Crippen LogP contribution in [0.25, 0.3) is 11.5 Å². The van der Waals surface area contributed by atoms with Gasteiger partial charge in [-0.1, -0.05) is 0 Å². The Morgan fingerprint density at radius 1 is 1.14 bits per heavy atom. The number of nitro benzene ring substituents is 1. The van der Waals surface area contributed by atoms with Crippen molar-refractivity contribution < 1.29 is 23.8 Å². The van der Waals surface area contributed by atoms with Gasteiger partial charge in [-0.3, -0.25) is 29.7 Å². The molecule has 3 rings (SSSR count). The lowest BCUT2D eigenvalue weighted by atomic mass is 10.2. The van der Waals surface area contributed by atoms with Crippen LogP contribution in [0.1, 0.15) is 17.3 Å². The molecule has 1 aromatic carbocycles. The Morgan fingerprint density at radius 2 is 1.83 bits per heavy atom. The first-order valence-electron chi connectivity index (χ1n) is 8.17. The van der Waals surface area contributed by atoms with Gasteiger partial charge in [-0.2, -0.15) is 5.10 Å². The SMILES string of the molecule is Cc1nn(CC(=O)OCc2nnc(-c3ccc([N+](=O)[O-])cc3)o2)c(C)c1[N+](=O)[O-]. The molecule has 0 fully saturated rings. The number of nitrogens with zero attached hydrogens (tertiary/aromatic N) is 6. The number of aryl methyl sites for hydroxylation is 1. The fourth-order valence-corrected chi connectivity index (χ4v) is 2.57. The van der Waals surface area contributed by atoms with Crippen LogP contribution in [-0.4, -0.2) is 35.8 Å². The Labute approximate surface area is 162 Å². The molecule has 0 atom stereocenters. The van der Waals surface area contributed by atoms with Crippen LogP contribution in [-0.2, 0) is 22.7 Å². The van der Waals surface area contributed by atoms with Crippen LogP contribution in [0.3, 0.4) is 0 Å². The number of carbonyl (C=O) groups is 1. The minimum atomic E-state index is -0.694. The molecule has 29 heavy (non-hydrogen) atoms. The van der Waals surface area contributed by atoms with Crippen molar-refractivity contribution in [2.45, 2.75) is 27.0 Å². The summed E-state index contributed by atoms with van der Waals surface area (Å²) in [4.78, 5) is 32.6. The summed E-state index contributed by atoms with van der Waals surface area (Å²) in [5.74, 6) is -0.563. The molecule has 2 aromatic heterocycles. The van der Waals surface area contributed by atoms with Gasteiger partial charge < -0.3 is 9.15 Å². The summed E-state index contributed by atoms with van der Waals surface area (Å²) in [5.41, 5.74) is 0.678. The van der Waals surface area contributed by atoms with Gasteiger partial charge in [0.2, 0.25) is 5.89 Å². The van der Waals surface area contributed by atoms with Gasteiger partial charge in [0.1, 0.15) is 17.9 Å². The number of esters is 1. The zero-order valence-electron chi connectivity index (χ0n) is 15.3. The van der Waals surface area contributed by atoms with Gasteiger partial charge in [-0.15, -0.1) is 10.2 Å². The zero-order valence-corrected chi connectivity index (χ0v) is 15.3. The normalized spacial score (nSPS) is 10.7. The molecule has 0 amide bonds. The van der Waals surface area contributed by atoms with E-state index in [1.54, 1.807) is 0 Å². The molecular weight excluding hydrogens is 388 g/mol. The summed E-state index contributed by atoms with van der Waals surface area (Å²) in [6, 6.07) is 5.51. The fourth-order valence-electron chi connectivity index (χ4n) is 2.57. The van der Waals surface area contributed by atoms with Crippen LogP contribution in [0.15, 0.2) is 28.7 Å². The Morgan fingerprint density at radius 3 is 2.41 bits per heavy atom. The van der Waals surface area contributed by atoms with Gasteiger partial charge in [-0.05, 0) is 26.0 Å². The van der Waals surface area contributed by atoms with Gasteiger partial charge in [0.05, 0.1) is 9.85 Å².